The zero-order valence-corrected chi connectivity index (χ0v) is 30.8. The summed E-state index contributed by atoms with van der Waals surface area (Å²) < 4.78 is 4.68. The van der Waals surface area contributed by atoms with E-state index in [2.05, 4.69) is 183 Å². The summed E-state index contributed by atoms with van der Waals surface area (Å²) in [6.07, 6.45) is 10.1. The minimum absolute atomic E-state index is 0.397. The van der Waals surface area contributed by atoms with Crippen molar-refractivity contribution < 1.29 is 0 Å². The molecule has 5 heteroatoms. The van der Waals surface area contributed by atoms with E-state index in [0.29, 0.717) is 0 Å². The van der Waals surface area contributed by atoms with Crippen LogP contribution in [0.3, 0.4) is 0 Å². The maximum atomic E-state index is 5.11. The Morgan fingerprint density at radius 1 is 0.526 bits per heavy atom. The predicted octanol–water partition coefficient (Wildman–Crippen LogP) is 12.0. The summed E-state index contributed by atoms with van der Waals surface area (Å²) in [5.41, 5.74) is 20.3. The highest BCUT2D eigenvalue weighted by Crippen LogP contribution is 2.64. The van der Waals surface area contributed by atoms with Crippen LogP contribution in [-0.4, -0.2) is 25.6 Å². The maximum Gasteiger partial charge on any atom is 0.119 e. The lowest BCUT2D eigenvalue weighted by Crippen LogP contribution is -2.25. The Labute approximate surface area is 328 Å². The lowest BCUT2D eigenvalue weighted by molar-refractivity contribution is 0.794. The number of anilines is 1. The first-order valence-corrected chi connectivity index (χ1v) is 19.6. The Hall–Kier alpha value is -7.50. The van der Waals surface area contributed by atoms with Crippen LogP contribution in [0.4, 0.5) is 5.82 Å². The first-order chi connectivity index (χ1) is 28.3. The van der Waals surface area contributed by atoms with Crippen LogP contribution < -0.4 is 5.32 Å². The summed E-state index contributed by atoms with van der Waals surface area (Å²) in [6, 6.07) is 56.0. The number of rotatable bonds is 3. The molecule has 57 heavy (non-hydrogen) atoms. The van der Waals surface area contributed by atoms with Crippen molar-refractivity contribution in [3.05, 3.63) is 204 Å². The molecule has 5 nitrogen and oxygen atoms in total. The van der Waals surface area contributed by atoms with Gasteiger partial charge >= 0.3 is 0 Å². The molecule has 13 rings (SSSR count). The van der Waals surface area contributed by atoms with Gasteiger partial charge in [0, 0.05) is 46.6 Å². The fourth-order valence-electron chi connectivity index (χ4n) is 10.5. The minimum atomic E-state index is -0.397. The van der Waals surface area contributed by atoms with Gasteiger partial charge in [-0.1, -0.05) is 115 Å². The average Bonchev–Trinajstić information content (AvgIpc) is 3.99. The molecule has 0 radical (unpaired) electrons. The second-order valence-electron chi connectivity index (χ2n) is 15.3. The molecule has 3 aliphatic rings. The normalized spacial score (nSPS) is 14.1. The molecule has 1 aliphatic heterocycles. The molecule has 2 aliphatic carbocycles. The standard InChI is InChI=1S/C52H33N5/c1-4-13-41-36(9-1)37-10-2-5-14-42(37)52(41)43-15-6-3-11-40(43)48-44(52)25-26-45-49(48)50-46(16-8-28-54-50)56(45)34-21-17-32(18-22-34)33-19-23-35(24-20-33)57-47-31-53-30-27-38(47)39-12-7-29-55-51(39)57/h1-28,30-31,55H,29H2. The molecule has 0 saturated heterocycles. The van der Waals surface area contributed by atoms with Gasteiger partial charge < -0.3 is 9.88 Å². The van der Waals surface area contributed by atoms with Gasteiger partial charge in [0.1, 0.15) is 5.82 Å². The van der Waals surface area contributed by atoms with Gasteiger partial charge in [-0.25, -0.2) is 0 Å². The number of nitrogens with one attached hydrogen (secondary N) is 1. The van der Waals surface area contributed by atoms with Crippen LogP contribution in [0.15, 0.2) is 176 Å². The number of benzene rings is 6. The molecule has 0 bridgehead atoms. The van der Waals surface area contributed by atoms with Crippen LogP contribution in [0, 0.1) is 0 Å². The first kappa shape index (κ1) is 30.8. The van der Waals surface area contributed by atoms with Crippen molar-refractivity contribution in [3.8, 4) is 44.8 Å². The second kappa shape index (κ2) is 11.3. The van der Waals surface area contributed by atoms with Gasteiger partial charge in [-0.05, 0) is 104 Å². The van der Waals surface area contributed by atoms with Crippen LogP contribution >= 0.6 is 0 Å². The minimum Gasteiger partial charge on any atom is -0.367 e. The highest BCUT2D eigenvalue weighted by molar-refractivity contribution is 6.17. The van der Waals surface area contributed by atoms with Crippen molar-refractivity contribution in [3.63, 3.8) is 0 Å². The fraction of sp³-hybridized carbons (Fsp3) is 0.0385. The molecule has 1 N–H and O–H groups in total. The Morgan fingerprint density at radius 3 is 1.89 bits per heavy atom. The van der Waals surface area contributed by atoms with E-state index in [0.717, 1.165) is 45.8 Å². The van der Waals surface area contributed by atoms with Gasteiger partial charge in [0.25, 0.3) is 0 Å². The maximum absolute atomic E-state index is 5.11. The lowest BCUT2D eigenvalue weighted by Gasteiger charge is -2.30. The topological polar surface area (TPSA) is 47.7 Å². The van der Waals surface area contributed by atoms with Crippen LogP contribution in [0.5, 0.6) is 0 Å². The number of aromatic nitrogens is 4. The van der Waals surface area contributed by atoms with Crippen LogP contribution in [0.25, 0.3) is 83.7 Å². The van der Waals surface area contributed by atoms with E-state index in [1.165, 1.54) is 72.0 Å². The molecule has 0 fully saturated rings. The zero-order chi connectivity index (χ0) is 37.2. The number of pyridine rings is 2. The predicted molar refractivity (Wildman–Crippen MR) is 232 cm³/mol. The largest absolute Gasteiger partial charge is 0.367 e. The molecule has 6 aromatic carbocycles. The van der Waals surface area contributed by atoms with Gasteiger partial charge in [0.2, 0.25) is 0 Å². The van der Waals surface area contributed by atoms with Crippen molar-refractivity contribution in [1.29, 1.82) is 0 Å². The van der Waals surface area contributed by atoms with Crippen LogP contribution in [-0.2, 0) is 5.41 Å². The molecule has 0 saturated carbocycles. The number of fused-ring (bicyclic) bond motifs is 17. The molecule has 4 aromatic heterocycles. The number of hydrogen-bond acceptors (Lipinski definition) is 3. The summed E-state index contributed by atoms with van der Waals surface area (Å²) in [5.74, 6) is 1.11. The summed E-state index contributed by atoms with van der Waals surface area (Å²) in [7, 11) is 0. The van der Waals surface area contributed by atoms with E-state index in [1.54, 1.807) is 0 Å². The van der Waals surface area contributed by atoms with Crippen LogP contribution in [0.1, 0.15) is 27.8 Å². The summed E-state index contributed by atoms with van der Waals surface area (Å²) in [6.45, 7) is 0.808. The summed E-state index contributed by atoms with van der Waals surface area (Å²) >= 11 is 0. The molecular formula is C52H33N5. The van der Waals surface area contributed by atoms with E-state index in [9.17, 15) is 0 Å². The van der Waals surface area contributed by atoms with E-state index in [-0.39, 0.29) is 0 Å². The monoisotopic (exact) mass is 727 g/mol. The molecule has 10 aromatic rings. The molecule has 1 spiro atoms. The van der Waals surface area contributed by atoms with Gasteiger partial charge in [0.15, 0.2) is 0 Å². The van der Waals surface area contributed by atoms with Gasteiger partial charge in [-0.15, -0.1) is 0 Å². The Kier molecular flexibility index (Phi) is 6.09. The molecule has 266 valence electrons. The molecular weight excluding hydrogens is 695 g/mol. The highest BCUT2D eigenvalue weighted by Gasteiger charge is 2.52. The van der Waals surface area contributed by atoms with Crippen molar-refractivity contribution in [2.45, 2.75) is 5.41 Å². The fourth-order valence-corrected chi connectivity index (χ4v) is 10.5. The SMILES string of the molecule is C1=Cc2c(n(-c3ccc(-c4ccc(-n5c6cccnc6c6c7c(ccc65)C5(c6ccccc6-c6ccccc65)c5ccccc5-7)cc4)cc3)c3cnccc23)NC1. The molecule has 5 heterocycles. The smallest absolute Gasteiger partial charge is 0.119 e. The number of nitrogens with zero attached hydrogens (tertiary/aromatic N) is 4. The van der Waals surface area contributed by atoms with Crippen LogP contribution in [0.2, 0.25) is 0 Å². The highest BCUT2D eigenvalue weighted by atomic mass is 15.1. The third-order valence-electron chi connectivity index (χ3n) is 12.7. The van der Waals surface area contributed by atoms with E-state index >= 15 is 0 Å². The molecule has 0 atom stereocenters. The van der Waals surface area contributed by atoms with Crippen molar-refractivity contribution in [1.82, 2.24) is 19.1 Å². The van der Waals surface area contributed by atoms with Gasteiger partial charge in [0.05, 0.1) is 33.7 Å². The van der Waals surface area contributed by atoms with Crippen molar-refractivity contribution in [2.24, 2.45) is 0 Å². The van der Waals surface area contributed by atoms with Gasteiger partial charge in [-0.3, -0.25) is 14.5 Å². The third-order valence-corrected chi connectivity index (χ3v) is 12.7. The molecule has 0 amide bonds. The first-order valence-electron chi connectivity index (χ1n) is 19.6. The van der Waals surface area contributed by atoms with E-state index in [1.807, 2.05) is 18.6 Å². The van der Waals surface area contributed by atoms with E-state index in [4.69, 9.17) is 4.98 Å². The average molecular weight is 728 g/mol. The van der Waals surface area contributed by atoms with Gasteiger partial charge in [-0.2, -0.15) is 0 Å². The van der Waals surface area contributed by atoms with Crippen molar-refractivity contribution in [2.75, 3.05) is 11.9 Å². The van der Waals surface area contributed by atoms with Crippen molar-refractivity contribution >= 4 is 44.7 Å². The quantitative estimate of drug-likeness (QED) is 0.197. The zero-order valence-electron chi connectivity index (χ0n) is 30.8. The summed E-state index contributed by atoms with van der Waals surface area (Å²) in [5, 5.41) is 5.99. The van der Waals surface area contributed by atoms with E-state index < -0.39 is 5.41 Å². The second-order valence-corrected chi connectivity index (χ2v) is 15.3. The number of hydrogen-bond donors (Lipinski definition) is 1. The Morgan fingerprint density at radius 2 is 1.18 bits per heavy atom. The Bertz CT molecular complexity index is 3300. The third kappa shape index (κ3) is 3.92. The lowest BCUT2D eigenvalue weighted by atomic mass is 9.70. The summed E-state index contributed by atoms with van der Waals surface area (Å²) in [4.78, 5) is 9.57. The Balaban J connectivity index is 0.957. The molecule has 0 unspecified atom stereocenters.